The van der Waals surface area contributed by atoms with Crippen molar-refractivity contribution < 1.29 is 8.94 Å². The summed E-state index contributed by atoms with van der Waals surface area (Å²) in [6.07, 6.45) is 0. The monoisotopic (exact) mass is 462 g/mol. The molecule has 0 aliphatic rings. The van der Waals surface area contributed by atoms with Crippen LogP contribution in [-0.4, -0.2) is 5.75 Å². The van der Waals surface area contributed by atoms with E-state index in [0.29, 0.717) is 11.1 Å². The third-order valence-electron chi connectivity index (χ3n) is 4.58. The Labute approximate surface area is 187 Å². The van der Waals surface area contributed by atoms with Crippen molar-refractivity contribution in [3.8, 4) is 17.9 Å². The first-order valence-electron chi connectivity index (χ1n) is 9.33. The molecule has 0 aliphatic carbocycles. The molecule has 0 saturated heterocycles. The van der Waals surface area contributed by atoms with Gasteiger partial charge in [-0.05, 0) is 54.0 Å². The second kappa shape index (κ2) is 8.57. The van der Waals surface area contributed by atoms with Gasteiger partial charge < -0.3 is 8.94 Å². The lowest BCUT2D eigenvalue weighted by molar-refractivity contribution is 0.593. The van der Waals surface area contributed by atoms with E-state index in [0.717, 1.165) is 11.1 Å². The quantitative estimate of drug-likeness (QED) is 0.288. The molecule has 1 atom stereocenters. The number of benzene rings is 3. The molecule has 0 bridgehead atoms. The van der Waals surface area contributed by atoms with Crippen molar-refractivity contribution in [3.05, 3.63) is 82.0 Å². The Hall–Kier alpha value is -3.09. The van der Waals surface area contributed by atoms with E-state index < -0.39 is 5.47 Å². The summed E-state index contributed by atoms with van der Waals surface area (Å²) in [5, 5.41) is 20.1. The fourth-order valence-electron chi connectivity index (χ4n) is 3.19. The highest BCUT2D eigenvalue weighted by atomic mass is 32.9. The zero-order chi connectivity index (χ0) is 22.0. The Morgan fingerprint density at radius 2 is 1.74 bits per heavy atom. The van der Waals surface area contributed by atoms with Gasteiger partial charge in [-0.1, -0.05) is 36.5 Å². The highest BCUT2D eigenvalue weighted by Gasteiger charge is 2.25. The van der Waals surface area contributed by atoms with Crippen molar-refractivity contribution in [2.45, 2.75) is 6.92 Å². The van der Waals surface area contributed by atoms with Gasteiger partial charge in [0.25, 0.3) is 0 Å². The standard InChI is InChI=1S/C23H15N2O3PS2/c1-2-31-29(30,17-6-4-3-5-7-17)28-21-12-16(14-25)11-19-22(26)18-10-15(13-24)8-9-20(18)27-23(19)21/h3-12H,2H2,1H3. The van der Waals surface area contributed by atoms with Crippen LogP contribution in [0.2, 0.25) is 0 Å². The van der Waals surface area contributed by atoms with E-state index in [9.17, 15) is 10.1 Å². The molecule has 0 amide bonds. The summed E-state index contributed by atoms with van der Waals surface area (Å²) in [4.78, 5) is 13.2. The van der Waals surface area contributed by atoms with E-state index in [1.54, 1.807) is 18.2 Å². The number of nitrogens with zero attached hydrogens (tertiary/aromatic N) is 2. The van der Waals surface area contributed by atoms with Gasteiger partial charge in [0.1, 0.15) is 5.58 Å². The summed E-state index contributed by atoms with van der Waals surface area (Å²) in [7, 11) is 0. The number of fused-ring (bicyclic) bond motifs is 2. The molecule has 1 heterocycles. The van der Waals surface area contributed by atoms with Crippen LogP contribution < -0.4 is 15.3 Å². The molecule has 0 radical (unpaired) electrons. The molecule has 4 aromatic rings. The lowest BCUT2D eigenvalue weighted by Gasteiger charge is -2.23. The predicted octanol–water partition coefficient (Wildman–Crippen LogP) is 5.46. The topological polar surface area (TPSA) is 87.0 Å². The van der Waals surface area contributed by atoms with Crippen LogP contribution in [0.25, 0.3) is 21.9 Å². The van der Waals surface area contributed by atoms with Crippen molar-refractivity contribution in [1.82, 2.24) is 0 Å². The van der Waals surface area contributed by atoms with Crippen LogP contribution >= 0.6 is 16.8 Å². The van der Waals surface area contributed by atoms with Crippen molar-refractivity contribution >= 4 is 55.9 Å². The summed E-state index contributed by atoms with van der Waals surface area (Å²) in [6.45, 7) is 2.00. The minimum Gasteiger partial charge on any atom is -0.452 e. The smallest absolute Gasteiger partial charge is 0.200 e. The molecule has 0 spiro atoms. The molecule has 4 rings (SSSR count). The molecule has 31 heavy (non-hydrogen) atoms. The molecule has 0 aliphatic heterocycles. The minimum atomic E-state index is -2.58. The normalized spacial score (nSPS) is 12.7. The van der Waals surface area contributed by atoms with E-state index in [4.69, 9.17) is 26.0 Å². The Morgan fingerprint density at radius 1 is 1.03 bits per heavy atom. The zero-order valence-electron chi connectivity index (χ0n) is 16.4. The van der Waals surface area contributed by atoms with E-state index in [1.165, 1.54) is 23.5 Å². The van der Waals surface area contributed by atoms with E-state index in [-0.39, 0.29) is 33.1 Å². The summed E-state index contributed by atoms with van der Waals surface area (Å²) in [5.74, 6) is 1.01. The number of nitriles is 2. The summed E-state index contributed by atoms with van der Waals surface area (Å²) >= 11 is 7.49. The molecule has 0 N–H and O–H groups in total. The molecule has 5 nitrogen and oxygen atoms in total. The Bertz CT molecular complexity index is 1500. The lowest BCUT2D eigenvalue weighted by atomic mass is 10.1. The Balaban J connectivity index is 1.99. The predicted molar refractivity (Wildman–Crippen MR) is 129 cm³/mol. The van der Waals surface area contributed by atoms with Crippen LogP contribution in [0.1, 0.15) is 18.1 Å². The minimum absolute atomic E-state index is 0.216. The molecule has 1 aromatic heterocycles. The number of rotatable bonds is 5. The lowest BCUT2D eigenvalue weighted by Crippen LogP contribution is -2.08. The summed E-state index contributed by atoms with van der Waals surface area (Å²) < 4.78 is 12.4. The van der Waals surface area contributed by atoms with Crippen LogP contribution in [0, 0.1) is 22.7 Å². The Morgan fingerprint density at radius 3 is 2.42 bits per heavy atom. The fraction of sp³-hybridized carbons (Fsp3) is 0.0870. The van der Waals surface area contributed by atoms with Gasteiger partial charge in [0, 0.05) is 11.4 Å². The van der Waals surface area contributed by atoms with E-state index in [2.05, 4.69) is 6.07 Å². The molecule has 0 saturated carbocycles. The third-order valence-corrected chi connectivity index (χ3v) is 11.0. The average Bonchev–Trinajstić information content (AvgIpc) is 2.80. The van der Waals surface area contributed by atoms with Crippen LogP contribution in [0.3, 0.4) is 0 Å². The van der Waals surface area contributed by atoms with Gasteiger partial charge in [-0.15, -0.1) is 0 Å². The van der Waals surface area contributed by atoms with E-state index >= 15 is 0 Å². The average molecular weight is 462 g/mol. The second-order valence-corrected chi connectivity index (χ2v) is 13.6. The summed E-state index contributed by atoms with van der Waals surface area (Å²) in [5.41, 5.74) is -1.72. The molecule has 152 valence electrons. The van der Waals surface area contributed by atoms with Gasteiger partial charge in [0.2, 0.25) is 5.43 Å². The van der Waals surface area contributed by atoms with Crippen molar-refractivity contribution in [2.75, 3.05) is 5.75 Å². The van der Waals surface area contributed by atoms with Crippen LogP contribution in [-0.2, 0) is 11.8 Å². The molecule has 8 heteroatoms. The van der Waals surface area contributed by atoms with Crippen molar-refractivity contribution in [2.24, 2.45) is 0 Å². The largest absolute Gasteiger partial charge is 0.452 e. The van der Waals surface area contributed by atoms with Gasteiger partial charge in [-0.2, -0.15) is 10.5 Å². The first-order chi connectivity index (χ1) is 15.0. The number of hydrogen-bond donors (Lipinski definition) is 0. The first-order valence-corrected chi connectivity index (χ1v) is 13.6. The first kappa shape index (κ1) is 21.2. The molecular weight excluding hydrogens is 447 g/mol. The maximum atomic E-state index is 13.2. The van der Waals surface area contributed by atoms with Gasteiger partial charge >= 0.3 is 0 Å². The van der Waals surface area contributed by atoms with E-state index in [1.807, 2.05) is 43.3 Å². The van der Waals surface area contributed by atoms with Gasteiger partial charge in [-0.3, -0.25) is 4.79 Å². The van der Waals surface area contributed by atoms with Gasteiger partial charge in [0.15, 0.2) is 16.8 Å². The fourth-order valence-corrected chi connectivity index (χ4v) is 8.56. The van der Waals surface area contributed by atoms with Crippen LogP contribution in [0.5, 0.6) is 5.75 Å². The molecular formula is C23H15N2O3PS2. The highest BCUT2D eigenvalue weighted by molar-refractivity contribution is 8.71. The Kier molecular flexibility index (Phi) is 5.85. The second-order valence-electron chi connectivity index (χ2n) is 6.56. The molecule has 1 unspecified atom stereocenters. The van der Waals surface area contributed by atoms with Crippen LogP contribution in [0.15, 0.2) is 69.9 Å². The number of hydrogen-bond acceptors (Lipinski definition) is 7. The maximum Gasteiger partial charge on any atom is 0.200 e. The van der Waals surface area contributed by atoms with Crippen molar-refractivity contribution in [3.63, 3.8) is 0 Å². The molecule has 0 fully saturated rings. The molecule has 3 aromatic carbocycles. The summed E-state index contributed by atoms with van der Waals surface area (Å²) in [6, 6.07) is 21.4. The zero-order valence-corrected chi connectivity index (χ0v) is 18.9. The van der Waals surface area contributed by atoms with Crippen molar-refractivity contribution in [1.29, 1.82) is 10.5 Å². The van der Waals surface area contributed by atoms with Gasteiger partial charge in [0.05, 0.1) is 34.0 Å². The van der Waals surface area contributed by atoms with Crippen LogP contribution in [0.4, 0.5) is 0 Å². The highest BCUT2D eigenvalue weighted by Crippen LogP contribution is 2.59. The SMILES string of the molecule is CCSP(=S)(Oc1cc(C#N)cc2c(=O)c3cc(C#N)ccc3oc12)c1ccccc1. The third kappa shape index (κ3) is 3.96. The van der Waals surface area contributed by atoms with Gasteiger partial charge in [-0.25, -0.2) is 0 Å². The maximum absolute atomic E-state index is 13.2.